The number of rotatable bonds is 3. The second-order valence-corrected chi connectivity index (χ2v) is 3.24. The largest absolute Gasteiger partial charge is 0.323 e. The molecule has 2 N–H and O–H groups in total. The van der Waals surface area contributed by atoms with E-state index in [-0.39, 0.29) is 0 Å². The molecule has 0 aliphatic rings. The molecule has 2 aromatic rings. The molecule has 0 spiro atoms. The van der Waals surface area contributed by atoms with Gasteiger partial charge in [0.25, 0.3) is 0 Å². The fourth-order valence-corrected chi connectivity index (χ4v) is 1.39. The average molecular weight is 200 g/mol. The van der Waals surface area contributed by atoms with Crippen LogP contribution in [0.25, 0.3) is 0 Å². The van der Waals surface area contributed by atoms with Gasteiger partial charge < -0.3 is 5.84 Å². The maximum atomic E-state index is 5.05. The highest BCUT2D eigenvalue weighted by atomic mass is 15.3. The number of hydrogen-bond donors (Lipinski definition) is 1. The number of aromatic nitrogens is 2. The van der Waals surface area contributed by atoms with Crippen LogP contribution in [0, 0.1) is 0 Å². The minimum Gasteiger partial charge on any atom is -0.323 e. The molecule has 0 amide bonds. The minimum atomic E-state index is 0.763. The van der Waals surface area contributed by atoms with Gasteiger partial charge in [0.15, 0.2) is 0 Å². The summed E-state index contributed by atoms with van der Waals surface area (Å²) in [6.45, 7) is 0.763. The van der Waals surface area contributed by atoms with E-state index in [9.17, 15) is 0 Å². The van der Waals surface area contributed by atoms with Crippen LogP contribution < -0.4 is 5.84 Å². The third-order valence-corrected chi connectivity index (χ3v) is 2.06. The summed E-state index contributed by atoms with van der Waals surface area (Å²) in [5.74, 6) is 5.05. The van der Waals surface area contributed by atoms with Crippen LogP contribution in [0.2, 0.25) is 0 Å². The third kappa shape index (κ3) is 2.43. The van der Waals surface area contributed by atoms with Gasteiger partial charge in [0.05, 0.1) is 19.0 Å². The standard InChI is InChI=1S/C11H12N4/c12-13-6-11-7-14-15(9-11)8-10-4-2-1-3-5-10/h1-7,9H,8,12H2/b13-6-. The fourth-order valence-electron chi connectivity index (χ4n) is 1.39. The molecule has 1 heterocycles. The van der Waals surface area contributed by atoms with Crippen molar-refractivity contribution in [2.75, 3.05) is 0 Å². The molecule has 0 fully saturated rings. The van der Waals surface area contributed by atoms with Crippen LogP contribution in [0.3, 0.4) is 0 Å². The highest BCUT2D eigenvalue weighted by Gasteiger charge is 1.96. The van der Waals surface area contributed by atoms with Gasteiger partial charge in [0.1, 0.15) is 0 Å². The minimum absolute atomic E-state index is 0.763. The molecule has 2 rings (SSSR count). The summed E-state index contributed by atoms with van der Waals surface area (Å²) >= 11 is 0. The lowest BCUT2D eigenvalue weighted by Crippen LogP contribution is -1.99. The van der Waals surface area contributed by atoms with Gasteiger partial charge in [-0.2, -0.15) is 10.2 Å². The van der Waals surface area contributed by atoms with E-state index in [0.717, 1.165) is 12.1 Å². The zero-order valence-corrected chi connectivity index (χ0v) is 8.24. The van der Waals surface area contributed by atoms with Crippen LogP contribution in [0.1, 0.15) is 11.1 Å². The van der Waals surface area contributed by atoms with Gasteiger partial charge in [0, 0.05) is 11.8 Å². The lowest BCUT2D eigenvalue weighted by Gasteiger charge is -2.00. The lowest BCUT2D eigenvalue weighted by molar-refractivity contribution is 0.687. The molecular formula is C11H12N4. The Morgan fingerprint density at radius 1 is 1.33 bits per heavy atom. The van der Waals surface area contributed by atoms with Crippen molar-refractivity contribution >= 4 is 6.21 Å². The van der Waals surface area contributed by atoms with Crippen molar-refractivity contribution in [1.29, 1.82) is 0 Å². The molecule has 0 aliphatic heterocycles. The maximum Gasteiger partial charge on any atom is 0.0659 e. The number of benzene rings is 1. The summed E-state index contributed by atoms with van der Waals surface area (Å²) in [7, 11) is 0. The number of hydrazone groups is 1. The van der Waals surface area contributed by atoms with Gasteiger partial charge in [-0.25, -0.2) is 0 Å². The lowest BCUT2D eigenvalue weighted by atomic mass is 10.2. The summed E-state index contributed by atoms with van der Waals surface area (Å²) in [5.41, 5.74) is 2.13. The first kappa shape index (κ1) is 9.45. The van der Waals surface area contributed by atoms with Crippen molar-refractivity contribution < 1.29 is 0 Å². The number of nitrogens with zero attached hydrogens (tertiary/aromatic N) is 3. The quantitative estimate of drug-likeness (QED) is 0.460. The van der Waals surface area contributed by atoms with Gasteiger partial charge in [0.2, 0.25) is 0 Å². The van der Waals surface area contributed by atoms with E-state index in [1.54, 1.807) is 12.4 Å². The Balaban J connectivity index is 2.11. The van der Waals surface area contributed by atoms with Gasteiger partial charge in [-0.15, -0.1) is 0 Å². The van der Waals surface area contributed by atoms with E-state index >= 15 is 0 Å². The van der Waals surface area contributed by atoms with E-state index in [2.05, 4.69) is 22.3 Å². The summed E-state index contributed by atoms with van der Waals surface area (Å²) in [6.07, 6.45) is 5.22. The summed E-state index contributed by atoms with van der Waals surface area (Å²) < 4.78 is 1.85. The summed E-state index contributed by atoms with van der Waals surface area (Å²) in [6, 6.07) is 10.2. The third-order valence-electron chi connectivity index (χ3n) is 2.06. The van der Waals surface area contributed by atoms with Crippen LogP contribution in [-0.2, 0) is 6.54 Å². The Bertz CT molecular complexity index is 445. The van der Waals surface area contributed by atoms with E-state index in [1.165, 1.54) is 5.56 Å². The van der Waals surface area contributed by atoms with Gasteiger partial charge in [-0.1, -0.05) is 30.3 Å². The van der Waals surface area contributed by atoms with E-state index < -0.39 is 0 Å². The van der Waals surface area contributed by atoms with Crippen molar-refractivity contribution in [3.63, 3.8) is 0 Å². The molecule has 1 aromatic heterocycles. The maximum absolute atomic E-state index is 5.05. The molecule has 1 aromatic carbocycles. The topological polar surface area (TPSA) is 56.2 Å². The van der Waals surface area contributed by atoms with Gasteiger partial charge in [-0.05, 0) is 5.56 Å². The molecule has 76 valence electrons. The fraction of sp³-hybridized carbons (Fsp3) is 0.0909. The molecule has 0 bridgehead atoms. The number of hydrogen-bond acceptors (Lipinski definition) is 3. The average Bonchev–Trinajstić information content (AvgIpc) is 2.68. The van der Waals surface area contributed by atoms with Gasteiger partial charge >= 0.3 is 0 Å². The predicted molar refractivity (Wildman–Crippen MR) is 59.6 cm³/mol. The molecular weight excluding hydrogens is 188 g/mol. The smallest absolute Gasteiger partial charge is 0.0659 e. The Morgan fingerprint density at radius 2 is 2.13 bits per heavy atom. The first-order valence-corrected chi connectivity index (χ1v) is 4.68. The Hall–Kier alpha value is -2.10. The second kappa shape index (κ2) is 4.41. The molecule has 0 radical (unpaired) electrons. The molecule has 15 heavy (non-hydrogen) atoms. The highest BCUT2D eigenvalue weighted by molar-refractivity contribution is 5.78. The van der Waals surface area contributed by atoms with Crippen LogP contribution in [0.5, 0.6) is 0 Å². The van der Waals surface area contributed by atoms with E-state index in [0.29, 0.717) is 0 Å². The predicted octanol–water partition coefficient (Wildman–Crippen LogP) is 1.22. The van der Waals surface area contributed by atoms with Crippen LogP contribution in [0.4, 0.5) is 0 Å². The SMILES string of the molecule is N/N=C\c1cnn(Cc2ccccc2)c1. The van der Waals surface area contributed by atoms with E-state index in [4.69, 9.17) is 5.84 Å². The molecule has 0 aliphatic carbocycles. The van der Waals surface area contributed by atoms with Crippen molar-refractivity contribution in [3.05, 3.63) is 53.9 Å². The Labute approximate surface area is 88.0 Å². The van der Waals surface area contributed by atoms with E-state index in [1.807, 2.05) is 29.1 Å². The molecule has 0 saturated heterocycles. The zero-order valence-electron chi connectivity index (χ0n) is 8.24. The monoisotopic (exact) mass is 200 g/mol. The molecule has 0 unspecified atom stereocenters. The van der Waals surface area contributed by atoms with Gasteiger partial charge in [-0.3, -0.25) is 4.68 Å². The summed E-state index contributed by atoms with van der Waals surface area (Å²) in [4.78, 5) is 0. The van der Waals surface area contributed by atoms with Crippen LogP contribution in [0.15, 0.2) is 47.8 Å². The molecule has 4 nitrogen and oxygen atoms in total. The first-order chi connectivity index (χ1) is 7.38. The van der Waals surface area contributed by atoms with Crippen molar-refractivity contribution in [3.8, 4) is 0 Å². The molecule has 0 saturated carbocycles. The highest BCUT2D eigenvalue weighted by Crippen LogP contribution is 2.02. The normalized spacial score (nSPS) is 10.9. The Kier molecular flexibility index (Phi) is 2.78. The number of nitrogens with two attached hydrogens (primary N) is 1. The summed E-state index contributed by atoms with van der Waals surface area (Å²) in [5, 5.41) is 7.65. The molecule has 4 heteroatoms. The van der Waals surface area contributed by atoms with Crippen LogP contribution in [-0.4, -0.2) is 16.0 Å². The Morgan fingerprint density at radius 3 is 2.87 bits per heavy atom. The first-order valence-electron chi connectivity index (χ1n) is 4.68. The van der Waals surface area contributed by atoms with Crippen molar-refractivity contribution in [1.82, 2.24) is 9.78 Å². The van der Waals surface area contributed by atoms with Crippen molar-refractivity contribution in [2.24, 2.45) is 10.9 Å². The molecule has 0 atom stereocenters. The van der Waals surface area contributed by atoms with Crippen molar-refractivity contribution in [2.45, 2.75) is 6.54 Å². The second-order valence-electron chi connectivity index (χ2n) is 3.24. The van der Waals surface area contributed by atoms with Crippen LogP contribution >= 0.6 is 0 Å². The zero-order chi connectivity index (χ0) is 10.5.